The maximum Gasteiger partial charge on any atom is 0.308 e. The number of rotatable bonds is 4. The lowest BCUT2D eigenvalue weighted by Gasteiger charge is -2.17. The van der Waals surface area contributed by atoms with Crippen molar-refractivity contribution in [2.45, 2.75) is 33.2 Å². The van der Waals surface area contributed by atoms with Crippen molar-refractivity contribution >= 4 is 34.2 Å². The van der Waals surface area contributed by atoms with Crippen LogP contribution in [0.4, 0.5) is 0 Å². The van der Waals surface area contributed by atoms with Crippen LogP contribution >= 0.6 is 11.3 Å². The molecule has 3 aromatic heterocycles. The maximum absolute atomic E-state index is 13.3. The Hall–Kier alpha value is -2.74. The average molecular weight is 398 g/mol. The average Bonchev–Trinajstić information content (AvgIpc) is 3.38. The molecule has 0 aliphatic carbocycles. The van der Waals surface area contributed by atoms with E-state index in [1.807, 2.05) is 43.7 Å². The predicted octanol–water partition coefficient (Wildman–Crippen LogP) is 3.60. The van der Waals surface area contributed by atoms with Gasteiger partial charge in [0, 0.05) is 24.0 Å². The molecule has 7 nitrogen and oxygen atoms in total. The lowest BCUT2D eigenvalue weighted by molar-refractivity contribution is -0.141. The number of aromatic nitrogens is 3. The Kier molecular flexibility index (Phi) is 4.66. The van der Waals surface area contributed by atoms with Crippen LogP contribution in [-0.4, -0.2) is 49.7 Å². The smallest absolute Gasteiger partial charge is 0.308 e. The van der Waals surface area contributed by atoms with Crippen LogP contribution in [0.15, 0.2) is 24.4 Å². The maximum atomic E-state index is 13.3. The monoisotopic (exact) mass is 398 g/mol. The van der Waals surface area contributed by atoms with E-state index in [9.17, 15) is 14.7 Å². The molecule has 28 heavy (non-hydrogen) atoms. The predicted molar refractivity (Wildman–Crippen MR) is 108 cm³/mol. The van der Waals surface area contributed by atoms with Gasteiger partial charge in [-0.2, -0.15) is 5.10 Å². The highest BCUT2D eigenvalue weighted by Crippen LogP contribution is 2.32. The van der Waals surface area contributed by atoms with Crippen molar-refractivity contribution in [1.82, 2.24) is 19.7 Å². The molecule has 0 radical (unpaired) electrons. The summed E-state index contributed by atoms with van der Waals surface area (Å²) in [5, 5.41) is 14.4. The Bertz CT molecular complexity index is 1070. The third kappa shape index (κ3) is 3.17. The van der Waals surface area contributed by atoms with Gasteiger partial charge >= 0.3 is 5.97 Å². The molecular weight excluding hydrogens is 376 g/mol. The van der Waals surface area contributed by atoms with E-state index in [2.05, 4.69) is 5.10 Å². The number of amides is 1. The Morgan fingerprint density at radius 2 is 2.11 bits per heavy atom. The molecule has 1 unspecified atom stereocenters. The van der Waals surface area contributed by atoms with Gasteiger partial charge in [0.25, 0.3) is 5.91 Å². The van der Waals surface area contributed by atoms with Crippen molar-refractivity contribution in [3.05, 3.63) is 34.8 Å². The van der Waals surface area contributed by atoms with Gasteiger partial charge in [-0.05, 0) is 45.4 Å². The third-order valence-corrected chi connectivity index (χ3v) is 6.13. The van der Waals surface area contributed by atoms with E-state index in [0.717, 1.165) is 10.6 Å². The van der Waals surface area contributed by atoms with Gasteiger partial charge in [-0.25, -0.2) is 9.67 Å². The number of thiophene rings is 1. The van der Waals surface area contributed by atoms with Crippen LogP contribution in [0.3, 0.4) is 0 Å². The van der Waals surface area contributed by atoms with Gasteiger partial charge in [-0.3, -0.25) is 9.59 Å². The number of carbonyl (C=O) groups is 2. The van der Waals surface area contributed by atoms with Crippen molar-refractivity contribution in [3.8, 4) is 10.6 Å². The number of aliphatic carboxylic acids is 1. The van der Waals surface area contributed by atoms with Gasteiger partial charge in [0.2, 0.25) is 0 Å². The molecule has 1 saturated heterocycles. The van der Waals surface area contributed by atoms with E-state index < -0.39 is 11.9 Å². The first-order valence-corrected chi connectivity index (χ1v) is 10.1. The molecule has 0 aromatic carbocycles. The normalized spacial score (nSPS) is 17.0. The molecular formula is C20H22N4O3S. The standard InChI is InChI=1S/C20H22N4O3S/c1-11(2)24-18-15(9-21-24)14(8-16(22-18)17-5-4-12(3)28-17)19(25)23-7-6-13(10-23)20(26)27/h4-5,8-9,11,13H,6-7,10H2,1-3H3,(H,26,27). The fraction of sp³-hybridized carbons (Fsp3) is 0.400. The number of fused-ring (bicyclic) bond motifs is 1. The lowest BCUT2D eigenvalue weighted by Crippen LogP contribution is -2.30. The second-order valence-corrected chi connectivity index (χ2v) is 8.75. The van der Waals surface area contributed by atoms with Crippen LogP contribution in [-0.2, 0) is 4.79 Å². The number of aryl methyl sites for hydroxylation is 1. The molecule has 1 fully saturated rings. The second-order valence-electron chi connectivity index (χ2n) is 7.46. The molecule has 4 heterocycles. The molecule has 1 N–H and O–H groups in total. The SMILES string of the molecule is Cc1ccc(-c2cc(C(=O)N3CCC(C(=O)O)C3)c3cnn(C(C)C)c3n2)s1. The first-order valence-electron chi connectivity index (χ1n) is 9.32. The van der Waals surface area contributed by atoms with Crippen molar-refractivity contribution < 1.29 is 14.7 Å². The summed E-state index contributed by atoms with van der Waals surface area (Å²) >= 11 is 1.63. The molecule has 4 rings (SSSR count). The number of hydrogen-bond donors (Lipinski definition) is 1. The topological polar surface area (TPSA) is 88.3 Å². The van der Waals surface area contributed by atoms with Crippen LogP contribution in [0.2, 0.25) is 0 Å². The minimum atomic E-state index is -0.849. The summed E-state index contributed by atoms with van der Waals surface area (Å²) in [6.45, 7) is 6.77. The summed E-state index contributed by atoms with van der Waals surface area (Å²) in [5.41, 5.74) is 1.95. The van der Waals surface area contributed by atoms with Gasteiger partial charge in [-0.1, -0.05) is 0 Å². The summed E-state index contributed by atoms with van der Waals surface area (Å²) in [5.74, 6) is -1.51. The summed E-state index contributed by atoms with van der Waals surface area (Å²) < 4.78 is 1.82. The van der Waals surface area contributed by atoms with E-state index in [1.54, 1.807) is 22.4 Å². The number of likely N-dealkylation sites (tertiary alicyclic amines) is 1. The van der Waals surface area contributed by atoms with E-state index in [-0.39, 0.29) is 18.5 Å². The van der Waals surface area contributed by atoms with Crippen molar-refractivity contribution in [2.75, 3.05) is 13.1 Å². The van der Waals surface area contributed by atoms with Gasteiger partial charge in [0.15, 0.2) is 5.65 Å². The zero-order valence-corrected chi connectivity index (χ0v) is 16.9. The number of carboxylic acids is 1. The highest BCUT2D eigenvalue weighted by molar-refractivity contribution is 7.15. The fourth-order valence-corrected chi connectivity index (χ4v) is 4.42. The number of hydrogen-bond acceptors (Lipinski definition) is 5. The van der Waals surface area contributed by atoms with Crippen molar-refractivity contribution in [2.24, 2.45) is 5.92 Å². The summed E-state index contributed by atoms with van der Waals surface area (Å²) in [6, 6.07) is 5.97. The molecule has 1 aliphatic rings. The van der Waals surface area contributed by atoms with E-state index in [0.29, 0.717) is 29.6 Å². The molecule has 8 heteroatoms. The zero-order valence-electron chi connectivity index (χ0n) is 16.0. The van der Waals surface area contributed by atoms with Crippen molar-refractivity contribution in [1.29, 1.82) is 0 Å². The third-order valence-electron chi connectivity index (χ3n) is 5.10. The second kappa shape index (κ2) is 7.01. The minimum absolute atomic E-state index is 0.108. The van der Waals surface area contributed by atoms with Gasteiger partial charge in [0.05, 0.1) is 33.6 Å². The molecule has 146 valence electrons. The number of pyridine rings is 1. The molecule has 3 aromatic rings. The zero-order chi connectivity index (χ0) is 20.0. The Morgan fingerprint density at radius 1 is 1.32 bits per heavy atom. The minimum Gasteiger partial charge on any atom is -0.481 e. The molecule has 1 atom stereocenters. The van der Waals surface area contributed by atoms with Crippen LogP contribution in [0.1, 0.15) is 41.5 Å². The van der Waals surface area contributed by atoms with Gasteiger partial charge in [0.1, 0.15) is 0 Å². The molecule has 0 saturated carbocycles. The Morgan fingerprint density at radius 3 is 2.71 bits per heavy atom. The number of carbonyl (C=O) groups excluding carboxylic acids is 1. The first kappa shape index (κ1) is 18.6. The largest absolute Gasteiger partial charge is 0.481 e. The molecule has 1 amide bonds. The van der Waals surface area contributed by atoms with E-state index in [1.165, 1.54) is 4.88 Å². The first-order chi connectivity index (χ1) is 13.3. The number of carboxylic acid groups (broad SMARTS) is 1. The number of nitrogens with zero attached hydrogens (tertiary/aromatic N) is 4. The van der Waals surface area contributed by atoms with Gasteiger partial charge < -0.3 is 10.0 Å². The van der Waals surface area contributed by atoms with Crippen LogP contribution in [0, 0.1) is 12.8 Å². The molecule has 0 bridgehead atoms. The van der Waals surface area contributed by atoms with Crippen LogP contribution in [0.5, 0.6) is 0 Å². The lowest BCUT2D eigenvalue weighted by atomic mass is 10.1. The summed E-state index contributed by atoms with van der Waals surface area (Å²) in [7, 11) is 0. The van der Waals surface area contributed by atoms with Crippen LogP contribution < -0.4 is 0 Å². The van der Waals surface area contributed by atoms with Gasteiger partial charge in [-0.15, -0.1) is 11.3 Å². The highest BCUT2D eigenvalue weighted by Gasteiger charge is 2.32. The highest BCUT2D eigenvalue weighted by atomic mass is 32.1. The molecule has 0 spiro atoms. The van der Waals surface area contributed by atoms with E-state index in [4.69, 9.17) is 4.98 Å². The van der Waals surface area contributed by atoms with E-state index >= 15 is 0 Å². The quantitative estimate of drug-likeness (QED) is 0.725. The van der Waals surface area contributed by atoms with Crippen LogP contribution in [0.25, 0.3) is 21.6 Å². The summed E-state index contributed by atoms with van der Waals surface area (Å²) in [4.78, 5) is 33.1. The fourth-order valence-electron chi connectivity index (χ4n) is 3.59. The molecule has 1 aliphatic heterocycles. The Labute approximate surface area is 166 Å². The summed E-state index contributed by atoms with van der Waals surface area (Å²) in [6.07, 6.45) is 2.17. The van der Waals surface area contributed by atoms with Crippen molar-refractivity contribution in [3.63, 3.8) is 0 Å². The Balaban J connectivity index is 1.82.